The van der Waals surface area contributed by atoms with Gasteiger partial charge in [0, 0.05) is 10.5 Å². The van der Waals surface area contributed by atoms with E-state index in [1.807, 2.05) is 60.9 Å². The van der Waals surface area contributed by atoms with E-state index in [9.17, 15) is 4.79 Å². The molecule has 94 valence electrons. The van der Waals surface area contributed by atoms with Gasteiger partial charge in [-0.15, -0.1) is 11.8 Å². The van der Waals surface area contributed by atoms with Gasteiger partial charge in [0.05, 0.1) is 5.57 Å². The molecular formula is C16H12O2S. The van der Waals surface area contributed by atoms with Gasteiger partial charge in [0.1, 0.15) is 5.75 Å². The van der Waals surface area contributed by atoms with Crippen LogP contribution in [0.25, 0.3) is 11.6 Å². The van der Waals surface area contributed by atoms with Crippen molar-refractivity contribution in [2.45, 2.75) is 4.90 Å². The van der Waals surface area contributed by atoms with Crippen LogP contribution >= 0.6 is 11.8 Å². The Kier molecular flexibility index (Phi) is 3.13. The highest BCUT2D eigenvalue weighted by Gasteiger charge is 2.25. The SMILES string of the molecule is CSc1ccc(/C=C2/C(=O)Oc3ccccc32)cc1. The topological polar surface area (TPSA) is 26.3 Å². The lowest BCUT2D eigenvalue weighted by Gasteiger charge is -1.99. The van der Waals surface area contributed by atoms with Crippen LogP contribution in [-0.2, 0) is 4.79 Å². The minimum atomic E-state index is -0.282. The number of esters is 1. The van der Waals surface area contributed by atoms with Gasteiger partial charge in [0.15, 0.2) is 0 Å². The van der Waals surface area contributed by atoms with Crippen LogP contribution in [0.1, 0.15) is 11.1 Å². The minimum absolute atomic E-state index is 0.282. The van der Waals surface area contributed by atoms with Gasteiger partial charge in [0.2, 0.25) is 0 Å². The van der Waals surface area contributed by atoms with Crippen molar-refractivity contribution in [3.05, 3.63) is 59.7 Å². The highest BCUT2D eigenvalue weighted by Crippen LogP contribution is 2.35. The summed E-state index contributed by atoms with van der Waals surface area (Å²) in [6.07, 6.45) is 3.91. The van der Waals surface area contributed by atoms with Crippen molar-refractivity contribution in [1.82, 2.24) is 0 Å². The lowest BCUT2D eigenvalue weighted by molar-refractivity contribution is -0.126. The molecule has 0 aromatic heterocycles. The third-order valence-corrected chi connectivity index (χ3v) is 3.77. The fourth-order valence-electron chi connectivity index (χ4n) is 2.05. The van der Waals surface area contributed by atoms with E-state index in [0.29, 0.717) is 11.3 Å². The first-order valence-corrected chi connectivity index (χ1v) is 7.18. The Morgan fingerprint density at radius 1 is 1.05 bits per heavy atom. The summed E-state index contributed by atoms with van der Waals surface area (Å²) in [5.41, 5.74) is 2.48. The maximum absolute atomic E-state index is 11.9. The van der Waals surface area contributed by atoms with Gasteiger partial charge in [-0.3, -0.25) is 0 Å². The Hall–Kier alpha value is -2.00. The zero-order chi connectivity index (χ0) is 13.2. The lowest BCUT2D eigenvalue weighted by atomic mass is 10.0. The van der Waals surface area contributed by atoms with Gasteiger partial charge in [0.25, 0.3) is 0 Å². The molecule has 3 rings (SSSR count). The molecule has 2 aromatic carbocycles. The van der Waals surface area contributed by atoms with Crippen LogP contribution < -0.4 is 4.74 Å². The Morgan fingerprint density at radius 3 is 2.53 bits per heavy atom. The second kappa shape index (κ2) is 4.94. The van der Waals surface area contributed by atoms with Crippen LogP contribution in [0.2, 0.25) is 0 Å². The second-order valence-electron chi connectivity index (χ2n) is 4.22. The van der Waals surface area contributed by atoms with Crippen LogP contribution in [0.3, 0.4) is 0 Å². The largest absolute Gasteiger partial charge is 0.422 e. The summed E-state index contributed by atoms with van der Waals surface area (Å²) >= 11 is 1.70. The normalized spacial score (nSPS) is 15.4. The van der Waals surface area contributed by atoms with E-state index in [4.69, 9.17) is 4.74 Å². The van der Waals surface area contributed by atoms with E-state index in [0.717, 1.165) is 11.1 Å². The van der Waals surface area contributed by atoms with Crippen molar-refractivity contribution in [3.63, 3.8) is 0 Å². The highest BCUT2D eigenvalue weighted by molar-refractivity contribution is 7.98. The standard InChI is InChI=1S/C16H12O2S/c1-19-12-8-6-11(7-9-12)10-14-13-4-2-3-5-15(13)18-16(14)17/h2-10H,1H3/b14-10+. The van der Waals surface area contributed by atoms with Crippen LogP contribution in [-0.4, -0.2) is 12.2 Å². The van der Waals surface area contributed by atoms with E-state index in [-0.39, 0.29) is 5.97 Å². The molecule has 0 radical (unpaired) electrons. The predicted octanol–water partition coefficient (Wildman–Crippen LogP) is 3.87. The maximum atomic E-state index is 11.9. The first-order valence-electron chi connectivity index (χ1n) is 5.95. The molecule has 0 aliphatic carbocycles. The number of para-hydroxylation sites is 1. The minimum Gasteiger partial charge on any atom is -0.422 e. The molecule has 0 saturated heterocycles. The monoisotopic (exact) mass is 268 g/mol. The second-order valence-corrected chi connectivity index (χ2v) is 5.10. The van der Waals surface area contributed by atoms with Gasteiger partial charge < -0.3 is 4.74 Å². The van der Waals surface area contributed by atoms with Crippen LogP contribution in [0.4, 0.5) is 0 Å². The zero-order valence-electron chi connectivity index (χ0n) is 10.4. The third-order valence-electron chi connectivity index (χ3n) is 3.03. The quantitative estimate of drug-likeness (QED) is 0.358. The van der Waals surface area contributed by atoms with E-state index in [1.54, 1.807) is 11.8 Å². The molecule has 1 aliphatic rings. The third kappa shape index (κ3) is 2.29. The number of ether oxygens (including phenoxy) is 1. The predicted molar refractivity (Wildman–Crippen MR) is 78.2 cm³/mol. The van der Waals surface area contributed by atoms with Crippen molar-refractivity contribution < 1.29 is 9.53 Å². The molecule has 2 aromatic rings. The smallest absolute Gasteiger partial charge is 0.344 e. The van der Waals surface area contributed by atoms with E-state index < -0.39 is 0 Å². The molecule has 0 spiro atoms. The number of hydrogen-bond acceptors (Lipinski definition) is 3. The van der Waals surface area contributed by atoms with E-state index in [1.165, 1.54) is 4.90 Å². The maximum Gasteiger partial charge on any atom is 0.344 e. The number of carbonyl (C=O) groups is 1. The Balaban J connectivity index is 2.01. The average molecular weight is 268 g/mol. The van der Waals surface area contributed by atoms with Crippen LogP contribution in [0.5, 0.6) is 5.75 Å². The molecule has 2 nitrogen and oxygen atoms in total. The summed E-state index contributed by atoms with van der Waals surface area (Å²) in [4.78, 5) is 13.1. The summed E-state index contributed by atoms with van der Waals surface area (Å²) in [5.74, 6) is 0.356. The number of rotatable bonds is 2. The molecule has 3 heteroatoms. The molecular weight excluding hydrogens is 256 g/mol. The summed E-state index contributed by atoms with van der Waals surface area (Å²) in [6, 6.07) is 15.6. The first kappa shape index (κ1) is 12.1. The Morgan fingerprint density at radius 2 is 1.79 bits per heavy atom. The van der Waals surface area contributed by atoms with Crippen molar-refractivity contribution >= 4 is 29.4 Å². The van der Waals surface area contributed by atoms with Crippen molar-refractivity contribution in [1.29, 1.82) is 0 Å². The molecule has 0 saturated carbocycles. The average Bonchev–Trinajstić information content (AvgIpc) is 2.76. The summed E-state index contributed by atoms with van der Waals surface area (Å²) in [6.45, 7) is 0. The van der Waals surface area contributed by atoms with Crippen LogP contribution in [0, 0.1) is 0 Å². The highest BCUT2D eigenvalue weighted by atomic mass is 32.2. The number of fused-ring (bicyclic) bond motifs is 1. The molecule has 1 heterocycles. The van der Waals surface area contributed by atoms with Gasteiger partial charge >= 0.3 is 5.97 Å². The Labute approximate surface area is 116 Å². The molecule has 0 unspecified atom stereocenters. The fourth-order valence-corrected chi connectivity index (χ4v) is 2.45. The number of carbonyl (C=O) groups excluding carboxylic acids is 1. The first-order chi connectivity index (χ1) is 9.28. The molecule has 0 fully saturated rings. The van der Waals surface area contributed by atoms with Gasteiger partial charge in [-0.25, -0.2) is 4.79 Å². The van der Waals surface area contributed by atoms with Crippen molar-refractivity contribution in [2.75, 3.05) is 6.26 Å². The molecule has 1 aliphatic heterocycles. The van der Waals surface area contributed by atoms with Gasteiger partial charge in [-0.05, 0) is 36.1 Å². The van der Waals surface area contributed by atoms with Crippen molar-refractivity contribution in [2.24, 2.45) is 0 Å². The van der Waals surface area contributed by atoms with E-state index >= 15 is 0 Å². The molecule has 19 heavy (non-hydrogen) atoms. The molecule has 0 atom stereocenters. The van der Waals surface area contributed by atoms with E-state index in [2.05, 4.69) is 0 Å². The summed E-state index contributed by atoms with van der Waals surface area (Å²) < 4.78 is 5.23. The number of thioether (sulfide) groups is 1. The summed E-state index contributed by atoms with van der Waals surface area (Å²) in [5, 5.41) is 0. The van der Waals surface area contributed by atoms with Crippen LogP contribution in [0.15, 0.2) is 53.4 Å². The van der Waals surface area contributed by atoms with Gasteiger partial charge in [-0.1, -0.05) is 30.3 Å². The summed E-state index contributed by atoms with van der Waals surface area (Å²) in [7, 11) is 0. The van der Waals surface area contributed by atoms with Crippen molar-refractivity contribution in [3.8, 4) is 5.75 Å². The van der Waals surface area contributed by atoms with Gasteiger partial charge in [-0.2, -0.15) is 0 Å². The lowest BCUT2D eigenvalue weighted by Crippen LogP contribution is -2.00. The molecule has 0 bridgehead atoms. The number of hydrogen-bond donors (Lipinski definition) is 0. The molecule has 0 N–H and O–H groups in total. The number of benzene rings is 2. The Bertz CT molecular complexity index is 657. The zero-order valence-corrected chi connectivity index (χ0v) is 11.2. The molecule has 0 amide bonds. The fraction of sp³-hybridized carbons (Fsp3) is 0.0625.